The average Bonchev–Trinajstić information content (AvgIpc) is 1.36. The van der Waals surface area contributed by atoms with E-state index in [4.69, 9.17) is 4.89 Å². The Balaban J connectivity index is 3.26. The van der Waals surface area contributed by atoms with Gasteiger partial charge in [-0.2, -0.15) is 0 Å². The van der Waals surface area contributed by atoms with Crippen molar-refractivity contribution in [2.75, 3.05) is 0 Å². The van der Waals surface area contributed by atoms with Gasteiger partial charge in [-0.3, -0.25) is 4.57 Å². The van der Waals surface area contributed by atoms with Gasteiger partial charge in [0.2, 0.25) is 8.03 Å². The molecule has 0 aromatic carbocycles. The second-order valence-electron chi connectivity index (χ2n) is 0.954. The molecule has 0 aromatic heterocycles. The summed E-state index contributed by atoms with van der Waals surface area (Å²) < 4.78 is 9.60. The van der Waals surface area contributed by atoms with Gasteiger partial charge in [-0.15, -0.1) is 0 Å². The molecule has 4 heteroatoms. The van der Waals surface area contributed by atoms with E-state index >= 15 is 0 Å². The third kappa shape index (κ3) is 2.88. The van der Waals surface area contributed by atoms with Crippen LogP contribution in [0.1, 0.15) is 6.92 Å². The summed E-state index contributed by atoms with van der Waals surface area (Å²) in [6.07, 6.45) is 0. The molecule has 2 nitrogen and oxygen atoms in total. The van der Waals surface area contributed by atoms with Crippen molar-refractivity contribution in [1.82, 2.24) is 0 Å². The normalized spacial score (nSPS) is 19.8. The van der Waals surface area contributed by atoms with Crippen LogP contribution >= 0.6 is 24.0 Å². The van der Waals surface area contributed by atoms with Crippen LogP contribution in [0.5, 0.6) is 0 Å². The van der Waals surface area contributed by atoms with E-state index in [1.54, 1.807) is 6.92 Å². The maximum Gasteiger partial charge on any atom is 0.202 e. The Hall–Kier alpha value is 0.670. The van der Waals surface area contributed by atoms with E-state index in [1.807, 2.05) is 0 Å². The fourth-order valence-corrected chi connectivity index (χ4v) is 0. The molecule has 6 heavy (non-hydrogen) atoms. The summed E-state index contributed by atoms with van der Waals surface area (Å²) in [4.78, 5) is 8.13. The van der Waals surface area contributed by atoms with E-state index in [9.17, 15) is 4.57 Å². The Morgan fingerprint density at radius 1 is 2.00 bits per heavy atom. The van der Waals surface area contributed by atoms with Crippen LogP contribution in [0.25, 0.3) is 0 Å². The standard InChI is InChI=1S/C2H6BrO2P/c1-2(3)6(4)5/h2,6H,1H3,(H,4,5). The van der Waals surface area contributed by atoms with E-state index in [0.29, 0.717) is 0 Å². The predicted octanol–water partition coefficient (Wildman–Crippen LogP) is 1.19. The fraction of sp³-hybridized carbons (Fsp3) is 1.00. The van der Waals surface area contributed by atoms with E-state index in [0.717, 1.165) is 0 Å². The molecule has 0 rings (SSSR count). The molecule has 0 radical (unpaired) electrons. The molecule has 0 aliphatic carbocycles. The molecule has 38 valence electrons. The van der Waals surface area contributed by atoms with Gasteiger partial charge in [0, 0.05) is 0 Å². The lowest BCUT2D eigenvalue weighted by atomic mass is 11.0. The van der Waals surface area contributed by atoms with E-state index < -0.39 is 8.03 Å². The highest BCUT2D eigenvalue weighted by Gasteiger charge is 1.97. The topological polar surface area (TPSA) is 37.3 Å². The maximum absolute atomic E-state index is 9.84. The smallest absolute Gasteiger partial charge is 0.202 e. The van der Waals surface area contributed by atoms with Gasteiger partial charge in [0.15, 0.2) is 0 Å². The van der Waals surface area contributed by atoms with Crippen LogP contribution in [0.4, 0.5) is 0 Å². The molecule has 2 unspecified atom stereocenters. The lowest BCUT2D eigenvalue weighted by Crippen LogP contribution is -1.74. The summed E-state index contributed by atoms with van der Waals surface area (Å²) in [6.45, 7) is 1.64. The zero-order valence-electron chi connectivity index (χ0n) is 3.31. The van der Waals surface area contributed by atoms with Gasteiger partial charge in [0.05, 0.1) is 4.57 Å². The van der Waals surface area contributed by atoms with E-state index in [1.165, 1.54) is 0 Å². The highest BCUT2D eigenvalue weighted by atomic mass is 79.9. The van der Waals surface area contributed by atoms with Crippen molar-refractivity contribution < 1.29 is 9.46 Å². The minimum absolute atomic E-state index is 0.234. The number of rotatable bonds is 1. The summed E-state index contributed by atoms with van der Waals surface area (Å²) in [7, 11) is -2.28. The highest BCUT2D eigenvalue weighted by molar-refractivity contribution is 9.10. The molecule has 0 aliphatic rings. The third-order valence-corrected chi connectivity index (χ3v) is 2.20. The highest BCUT2D eigenvalue weighted by Crippen LogP contribution is 2.25. The second-order valence-corrected chi connectivity index (χ2v) is 4.72. The number of alkyl halides is 1. The monoisotopic (exact) mass is 172 g/mol. The largest absolute Gasteiger partial charge is 0.346 e. The summed E-state index contributed by atoms with van der Waals surface area (Å²) in [5.74, 6) is 0. The molecule has 0 fully saturated rings. The molecule has 0 spiro atoms. The summed E-state index contributed by atoms with van der Waals surface area (Å²) >= 11 is 2.92. The number of hydrogen-bond donors (Lipinski definition) is 1. The van der Waals surface area contributed by atoms with Gasteiger partial charge < -0.3 is 4.89 Å². The molecule has 0 saturated heterocycles. The molecule has 2 atom stereocenters. The van der Waals surface area contributed by atoms with Gasteiger partial charge in [-0.05, 0) is 6.92 Å². The minimum atomic E-state index is -2.28. The van der Waals surface area contributed by atoms with Gasteiger partial charge in [0.1, 0.15) is 0 Å². The van der Waals surface area contributed by atoms with Crippen molar-refractivity contribution in [2.45, 2.75) is 11.5 Å². The van der Waals surface area contributed by atoms with Gasteiger partial charge in [-0.1, -0.05) is 15.9 Å². The summed E-state index contributed by atoms with van der Waals surface area (Å²) in [5.41, 5.74) is 0. The fourth-order valence-electron chi connectivity index (χ4n) is 0. The van der Waals surface area contributed by atoms with Crippen molar-refractivity contribution in [3.8, 4) is 0 Å². The maximum atomic E-state index is 9.84. The van der Waals surface area contributed by atoms with E-state index in [2.05, 4.69) is 15.9 Å². The van der Waals surface area contributed by atoms with Gasteiger partial charge >= 0.3 is 0 Å². The van der Waals surface area contributed by atoms with Crippen molar-refractivity contribution in [2.24, 2.45) is 0 Å². The minimum Gasteiger partial charge on any atom is -0.346 e. The molecule has 0 bridgehead atoms. The predicted molar refractivity (Wildman–Crippen MR) is 29.6 cm³/mol. The van der Waals surface area contributed by atoms with E-state index in [-0.39, 0.29) is 4.57 Å². The lowest BCUT2D eigenvalue weighted by Gasteiger charge is -1.89. The number of halogens is 1. The zero-order chi connectivity index (χ0) is 5.15. The van der Waals surface area contributed by atoms with Crippen LogP contribution in [-0.4, -0.2) is 9.46 Å². The van der Waals surface area contributed by atoms with Crippen molar-refractivity contribution in [1.29, 1.82) is 0 Å². The molecule has 0 saturated carbocycles. The summed E-state index contributed by atoms with van der Waals surface area (Å²) in [6, 6.07) is 0. The molecule has 0 heterocycles. The zero-order valence-corrected chi connectivity index (χ0v) is 5.90. The van der Waals surface area contributed by atoms with Crippen molar-refractivity contribution in [3.63, 3.8) is 0 Å². The second kappa shape index (κ2) is 2.78. The Morgan fingerprint density at radius 3 is 2.17 bits per heavy atom. The Bertz CT molecular complexity index is 62.6. The lowest BCUT2D eigenvalue weighted by molar-refractivity contribution is 0.502. The van der Waals surface area contributed by atoms with Crippen LogP contribution < -0.4 is 0 Å². The molecular weight excluding hydrogens is 167 g/mol. The van der Waals surface area contributed by atoms with Crippen molar-refractivity contribution in [3.05, 3.63) is 0 Å². The Kier molecular flexibility index (Phi) is 3.09. The quantitative estimate of drug-likeness (QED) is 0.477. The summed E-state index contributed by atoms with van der Waals surface area (Å²) in [5, 5.41) is 0. The molecule has 0 aliphatic heterocycles. The van der Waals surface area contributed by atoms with Crippen LogP contribution in [-0.2, 0) is 4.57 Å². The van der Waals surface area contributed by atoms with Crippen molar-refractivity contribution >= 4 is 24.0 Å². The first-order chi connectivity index (χ1) is 2.64. The van der Waals surface area contributed by atoms with Gasteiger partial charge in [-0.25, -0.2) is 0 Å². The van der Waals surface area contributed by atoms with Crippen LogP contribution in [0, 0.1) is 0 Å². The first-order valence-corrected chi connectivity index (χ1v) is 3.86. The molecule has 0 aromatic rings. The van der Waals surface area contributed by atoms with Gasteiger partial charge in [0.25, 0.3) is 0 Å². The molecule has 0 amide bonds. The SMILES string of the molecule is CC(Br)[PH](=O)O. The Morgan fingerprint density at radius 2 is 2.17 bits per heavy atom. The molecular formula is C2H6BrO2P. The van der Waals surface area contributed by atoms with Crippen LogP contribution in [0.3, 0.4) is 0 Å². The van der Waals surface area contributed by atoms with Crippen LogP contribution in [0.15, 0.2) is 0 Å². The first kappa shape index (κ1) is 6.67. The molecule has 1 N–H and O–H groups in total. The third-order valence-electron chi connectivity index (χ3n) is 0.340. The van der Waals surface area contributed by atoms with Crippen LogP contribution in [0.2, 0.25) is 0 Å². The first-order valence-electron chi connectivity index (χ1n) is 1.51. The number of hydrogen-bond acceptors (Lipinski definition) is 1. The Labute approximate surface area is 45.6 Å². The average molecular weight is 173 g/mol.